The molecule has 6 heteroatoms. The van der Waals surface area contributed by atoms with E-state index in [4.69, 9.17) is 9.15 Å². The summed E-state index contributed by atoms with van der Waals surface area (Å²) >= 11 is 1.85. The number of benzene rings is 1. The normalized spacial score (nSPS) is 22.2. The van der Waals surface area contributed by atoms with Crippen molar-refractivity contribution in [1.82, 2.24) is 15.1 Å². The third-order valence-electron chi connectivity index (χ3n) is 4.36. The highest BCUT2D eigenvalue weighted by atomic mass is 32.1. The molecule has 2 aromatic heterocycles. The maximum Gasteiger partial charge on any atom is 0.233 e. The van der Waals surface area contributed by atoms with Crippen molar-refractivity contribution >= 4 is 21.4 Å². The molecule has 120 valence electrons. The van der Waals surface area contributed by atoms with E-state index in [2.05, 4.69) is 45.4 Å². The van der Waals surface area contributed by atoms with Gasteiger partial charge in [0, 0.05) is 36.7 Å². The molecule has 0 amide bonds. The lowest BCUT2D eigenvalue weighted by atomic mass is 10.2. The summed E-state index contributed by atoms with van der Waals surface area (Å²) in [6, 6.07) is 10.9. The molecule has 2 atom stereocenters. The molecule has 0 saturated carbocycles. The zero-order valence-corrected chi connectivity index (χ0v) is 14.0. The number of aromatic nitrogens is 2. The van der Waals surface area contributed by atoms with Gasteiger partial charge in [-0.05, 0) is 23.9 Å². The van der Waals surface area contributed by atoms with Crippen LogP contribution in [-0.2, 0) is 11.3 Å². The van der Waals surface area contributed by atoms with Gasteiger partial charge in [-0.2, -0.15) is 0 Å². The Bertz CT molecular complexity index is 780. The zero-order chi connectivity index (χ0) is 15.8. The fourth-order valence-electron chi connectivity index (χ4n) is 3.23. The molecule has 1 saturated heterocycles. The van der Waals surface area contributed by atoms with Crippen molar-refractivity contribution in [2.45, 2.75) is 32.0 Å². The summed E-state index contributed by atoms with van der Waals surface area (Å²) < 4.78 is 12.6. The lowest BCUT2D eigenvalue weighted by Gasteiger charge is -2.20. The third-order valence-corrected chi connectivity index (χ3v) is 5.46. The van der Waals surface area contributed by atoms with Gasteiger partial charge in [0.2, 0.25) is 11.8 Å². The van der Waals surface area contributed by atoms with E-state index in [-0.39, 0.29) is 12.1 Å². The first-order valence-corrected chi connectivity index (χ1v) is 8.59. The molecule has 0 radical (unpaired) electrons. The first kappa shape index (κ1) is 14.8. The van der Waals surface area contributed by atoms with E-state index in [0.29, 0.717) is 11.8 Å². The van der Waals surface area contributed by atoms with Crippen molar-refractivity contribution in [3.63, 3.8) is 0 Å². The number of methoxy groups -OCH3 is 1. The van der Waals surface area contributed by atoms with Gasteiger partial charge < -0.3 is 9.15 Å². The van der Waals surface area contributed by atoms with Crippen LogP contribution in [0.5, 0.6) is 0 Å². The Kier molecular flexibility index (Phi) is 3.88. The topological polar surface area (TPSA) is 51.4 Å². The molecule has 4 rings (SSSR count). The highest BCUT2D eigenvalue weighted by Crippen LogP contribution is 2.35. The standard InChI is InChI=1S/C17H19N3O2S/c1-11-18-19-17(22-11)15-8-13(21-2)9-20(15)10-14-7-12-5-3-4-6-16(12)23-14/h3-7,13,15H,8-10H2,1-2H3/t13-,15+/m0/s1. The summed E-state index contributed by atoms with van der Waals surface area (Å²) in [6.07, 6.45) is 1.10. The largest absolute Gasteiger partial charge is 0.424 e. The van der Waals surface area contributed by atoms with Crippen LogP contribution in [-0.4, -0.2) is 34.9 Å². The monoisotopic (exact) mass is 329 g/mol. The SMILES string of the molecule is CO[C@H]1C[C@H](c2nnc(C)o2)N(Cc2cc3ccccc3s2)C1. The van der Waals surface area contributed by atoms with Gasteiger partial charge in [0.1, 0.15) is 0 Å². The number of likely N-dealkylation sites (tertiary alicyclic amines) is 1. The molecule has 0 spiro atoms. The highest BCUT2D eigenvalue weighted by Gasteiger charge is 2.36. The van der Waals surface area contributed by atoms with Crippen molar-refractivity contribution in [3.8, 4) is 0 Å². The molecule has 3 aromatic rings. The fourth-order valence-corrected chi connectivity index (χ4v) is 4.32. The van der Waals surface area contributed by atoms with Crippen molar-refractivity contribution < 1.29 is 9.15 Å². The number of hydrogen-bond donors (Lipinski definition) is 0. The molecule has 0 bridgehead atoms. The second-order valence-corrected chi connectivity index (χ2v) is 7.12. The van der Waals surface area contributed by atoms with Gasteiger partial charge in [-0.3, -0.25) is 4.90 Å². The molecule has 3 heterocycles. The second kappa shape index (κ2) is 6.03. The van der Waals surface area contributed by atoms with E-state index in [1.165, 1.54) is 15.0 Å². The molecule has 0 unspecified atom stereocenters. The molecule has 0 aliphatic carbocycles. The van der Waals surface area contributed by atoms with Crippen LogP contribution in [0.15, 0.2) is 34.7 Å². The highest BCUT2D eigenvalue weighted by molar-refractivity contribution is 7.19. The number of thiophene rings is 1. The summed E-state index contributed by atoms with van der Waals surface area (Å²) in [4.78, 5) is 3.73. The van der Waals surface area contributed by atoms with Crippen molar-refractivity contribution in [2.75, 3.05) is 13.7 Å². The molecule has 1 aliphatic heterocycles. The Labute approximate surface area is 138 Å². The fraction of sp³-hybridized carbons (Fsp3) is 0.412. The first-order valence-electron chi connectivity index (χ1n) is 7.77. The van der Waals surface area contributed by atoms with Crippen LogP contribution in [0.2, 0.25) is 0 Å². The first-order chi connectivity index (χ1) is 11.2. The van der Waals surface area contributed by atoms with Crippen molar-refractivity contribution in [1.29, 1.82) is 0 Å². The van der Waals surface area contributed by atoms with Gasteiger partial charge in [-0.25, -0.2) is 0 Å². The maximum absolute atomic E-state index is 5.67. The molecular weight excluding hydrogens is 310 g/mol. The molecule has 0 N–H and O–H groups in total. The Balaban J connectivity index is 1.59. The van der Waals surface area contributed by atoms with Gasteiger partial charge in [0.05, 0.1) is 12.1 Å². The summed E-state index contributed by atoms with van der Waals surface area (Å²) in [6.45, 7) is 3.59. The van der Waals surface area contributed by atoms with Gasteiger partial charge in [-0.1, -0.05) is 18.2 Å². The van der Waals surface area contributed by atoms with E-state index in [9.17, 15) is 0 Å². The minimum Gasteiger partial charge on any atom is -0.424 e. The lowest BCUT2D eigenvalue weighted by Crippen LogP contribution is -2.24. The van der Waals surface area contributed by atoms with Crippen LogP contribution < -0.4 is 0 Å². The van der Waals surface area contributed by atoms with Gasteiger partial charge in [0.15, 0.2) is 0 Å². The van der Waals surface area contributed by atoms with Crippen molar-refractivity contribution in [3.05, 3.63) is 47.0 Å². The van der Waals surface area contributed by atoms with Gasteiger partial charge >= 0.3 is 0 Å². The van der Waals surface area contributed by atoms with Crippen LogP contribution in [0.25, 0.3) is 10.1 Å². The number of nitrogens with zero attached hydrogens (tertiary/aromatic N) is 3. The predicted octanol–water partition coefficient (Wildman–Crippen LogP) is 3.55. The Morgan fingerprint density at radius 2 is 2.22 bits per heavy atom. The lowest BCUT2D eigenvalue weighted by molar-refractivity contribution is 0.107. The van der Waals surface area contributed by atoms with E-state index >= 15 is 0 Å². The van der Waals surface area contributed by atoms with Crippen molar-refractivity contribution in [2.24, 2.45) is 0 Å². The molecule has 1 aromatic carbocycles. The van der Waals surface area contributed by atoms with E-state index in [0.717, 1.165) is 19.5 Å². The van der Waals surface area contributed by atoms with E-state index in [1.807, 2.05) is 18.3 Å². The smallest absolute Gasteiger partial charge is 0.233 e. The number of rotatable bonds is 4. The molecular formula is C17H19N3O2S. The number of fused-ring (bicyclic) bond motifs is 1. The van der Waals surface area contributed by atoms with Crippen LogP contribution >= 0.6 is 11.3 Å². The summed E-state index contributed by atoms with van der Waals surface area (Å²) in [5.74, 6) is 1.31. The minimum atomic E-state index is 0.131. The van der Waals surface area contributed by atoms with Crippen LogP contribution in [0.3, 0.4) is 0 Å². The van der Waals surface area contributed by atoms with E-state index in [1.54, 1.807) is 7.11 Å². The maximum atomic E-state index is 5.67. The summed E-state index contributed by atoms with van der Waals surface area (Å²) in [7, 11) is 1.77. The quantitative estimate of drug-likeness (QED) is 0.732. The van der Waals surface area contributed by atoms with Gasteiger partial charge in [-0.15, -0.1) is 21.5 Å². The second-order valence-electron chi connectivity index (χ2n) is 5.95. The summed E-state index contributed by atoms with van der Waals surface area (Å²) in [5, 5.41) is 9.50. The number of ether oxygens (including phenoxy) is 1. The number of aryl methyl sites for hydroxylation is 1. The zero-order valence-electron chi connectivity index (χ0n) is 13.2. The van der Waals surface area contributed by atoms with Gasteiger partial charge in [0.25, 0.3) is 0 Å². The summed E-state index contributed by atoms with van der Waals surface area (Å²) in [5.41, 5.74) is 0. The average Bonchev–Trinajstić information content (AvgIpc) is 3.24. The Morgan fingerprint density at radius 1 is 1.35 bits per heavy atom. The van der Waals surface area contributed by atoms with Crippen LogP contribution in [0.1, 0.15) is 29.1 Å². The molecule has 5 nitrogen and oxygen atoms in total. The van der Waals surface area contributed by atoms with E-state index < -0.39 is 0 Å². The Hall–Kier alpha value is -1.76. The Morgan fingerprint density at radius 3 is 2.96 bits per heavy atom. The van der Waals surface area contributed by atoms with Crippen LogP contribution in [0.4, 0.5) is 0 Å². The molecule has 1 aliphatic rings. The molecule has 23 heavy (non-hydrogen) atoms. The number of hydrogen-bond acceptors (Lipinski definition) is 6. The third kappa shape index (κ3) is 2.89. The average molecular weight is 329 g/mol. The molecule has 1 fully saturated rings. The predicted molar refractivity (Wildman–Crippen MR) is 89.4 cm³/mol. The van der Waals surface area contributed by atoms with Crippen LogP contribution in [0, 0.1) is 6.92 Å². The minimum absolute atomic E-state index is 0.131.